The summed E-state index contributed by atoms with van der Waals surface area (Å²) < 4.78 is 2.67. The first-order valence-electron chi connectivity index (χ1n) is 26.4. The molecule has 0 N–H and O–H groups in total. The number of hydrogen-bond acceptors (Lipinski definition) is 0. The van der Waals surface area contributed by atoms with E-state index < -0.39 is 0 Å². The van der Waals surface area contributed by atoms with Crippen LogP contribution in [0.1, 0.15) is 241 Å². The van der Waals surface area contributed by atoms with Crippen LogP contribution in [-0.4, -0.2) is 13.4 Å². The third-order valence-electron chi connectivity index (χ3n) is 15.8. The Kier molecular flexibility index (Phi) is 15.0. The van der Waals surface area contributed by atoms with Gasteiger partial charge in [-0.25, -0.2) is 0 Å². The summed E-state index contributed by atoms with van der Waals surface area (Å²) in [4.78, 5) is 0. The molecule has 0 bridgehead atoms. The lowest BCUT2D eigenvalue weighted by Crippen LogP contribution is -2.51. The van der Waals surface area contributed by atoms with Crippen LogP contribution < -0.4 is 21.9 Å². The average molecular weight is 1000 g/mol. The highest BCUT2D eigenvalue weighted by Gasteiger charge is 2.41. The highest BCUT2D eigenvalue weighted by atomic mass is 79.9. The van der Waals surface area contributed by atoms with Gasteiger partial charge in [0.05, 0.1) is 0 Å². The molecule has 2 aliphatic heterocycles. The van der Waals surface area contributed by atoms with Crippen molar-refractivity contribution >= 4 is 108 Å². The summed E-state index contributed by atoms with van der Waals surface area (Å²) in [6.45, 7) is 33.9. The highest BCUT2D eigenvalue weighted by Crippen LogP contribution is 2.48. The fourth-order valence-corrected chi connectivity index (χ4v) is 13.7. The molecule has 0 spiro atoms. The normalized spacial score (nSPS) is 14.4. The first kappa shape index (κ1) is 49.4. The molecule has 2 aliphatic rings. The summed E-state index contributed by atoms with van der Waals surface area (Å²) in [5, 5.41) is 8.61. The number of hydrogen-bond donors (Lipinski definition) is 0. The van der Waals surface area contributed by atoms with Crippen molar-refractivity contribution < 1.29 is 0 Å². The Hall–Kier alpha value is -3.07. The van der Waals surface area contributed by atoms with Gasteiger partial charge in [0, 0.05) is 8.96 Å². The Morgan fingerprint density at radius 2 is 0.727 bits per heavy atom. The second-order valence-electron chi connectivity index (χ2n) is 22.4. The standard InChI is InChI=1S/C62H78B2Br2/c1-15-17-19-21-23-51-61(65)45-27-25-42-34-54-58-46(62(66)52(24-22-20-18-16-2)64(54)60-49(39(11)12)31-44(36(5)6)32-50(60)40(13)14)28-26-41-33-53(57(45)55(42)56(41)58)63(51)59-47(37(7)8)29-43(35(3)4)30-48(59)38(9)10/h25-40H,15-24H2,1-14H3. The van der Waals surface area contributed by atoms with E-state index in [1.165, 1.54) is 148 Å². The van der Waals surface area contributed by atoms with Crippen LogP contribution in [0.25, 0.3) is 41.3 Å². The summed E-state index contributed by atoms with van der Waals surface area (Å²) in [7, 11) is 0. The summed E-state index contributed by atoms with van der Waals surface area (Å²) in [5.74, 6) is 2.60. The van der Waals surface area contributed by atoms with Crippen LogP contribution in [0.4, 0.5) is 0 Å². The Bertz CT molecular complexity index is 2580. The highest BCUT2D eigenvalue weighted by molar-refractivity contribution is 9.15. The Morgan fingerprint density at radius 1 is 0.394 bits per heavy atom. The van der Waals surface area contributed by atoms with Crippen molar-refractivity contribution in [2.45, 2.75) is 197 Å². The number of rotatable bonds is 18. The van der Waals surface area contributed by atoms with E-state index in [0.717, 1.165) is 12.8 Å². The van der Waals surface area contributed by atoms with E-state index >= 15 is 0 Å². The van der Waals surface area contributed by atoms with Crippen molar-refractivity contribution in [1.82, 2.24) is 0 Å². The first-order chi connectivity index (χ1) is 31.5. The van der Waals surface area contributed by atoms with Crippen molar-refractivity contribution in [3.63, 3.8) is 0 Å². The van der Waals surface area contributed by atoms with Crippen LogP contribution in [0.2, 0.25) is 0 Å². The molecule has 0 unspecified atom stereocenters. The second kappa shape index (κ2) is 20.1. The van der Waals surface area contributed by atoms with E-state index in [9.17, 15) is 0 Å². The van der Waals surface area contributed by atoms with Gasteiger partial charge in [0.25, 0.3) is 0 Å². The molecule has 6 aromatic carbocycles. The van der Waals surface area contributed by atoms with E-state index in [-0.39, 0.29) is 13.4 Å². The van der Waals surface area contributed by atoms with Crippen molar-refractivity contribution in [2.24, 2.45) is 0 Å². The molecule has 0 saturated carbocycles. The fraction of sp³-hybridized carbons (Fsp3) is 0.484. The number of allylic oxidation sites excluding steroid dienone is 2. The maximum Gasteiger partial charge on any atom is 0.239 e. The van der Waals surface area contributed by atoms with Gasteiger partial charge in [-0.15, -0.1) is 0 Å². The molecule has 6 aromatic rings. The Balaban J connectivity index is 1.50. The van der Waals surface area contributed by atoms with Gasteiger partial charge in [-0.05, 0) is 125 Å². The van der Waals surface area contributed by atoms with Crippen LogP contribution in [0, 0.1) is 0 Å². The quantitative estimate of drug-likeness (QED) is 0.0457. The van der Waals surface area contributed by atoms with Crippen LogP contribution in [0.5, 0.6) is 0 Å². The van der Waals surface area contributed by atoms with Gasteiger partial charge in [-0.3, -0.25) is 0 Å². The molecule has 66 heavy (non-hydrogen) atoms. The molecule has 8 rings (SSSR count). The maximum atomic E-state index is 4.46. The molecular weight excluding hydrogens is 926 g/mol. The van der Waals surface area contributed by atoms with E-state index in [0.29, 0.717) is 35.5 Å². The lowest BCUT2D eigenvalue weighted by atomic mass is 9.31. The molecule has 0 fully saturated rings. The van der Waals surface area contributed by atoms with Crippen molar-refractivity contribution in [3.8, 4) is 0 Å². The molecule has 4 heteroatoms. The largest absolute Gasteiger partial charge is 0.239 e. The molecule has 0 nitrogen and oxygen atoms in total. The minimum Gasteiger partial charge on any atom is -0.0758 e. The first-order valence-corrected chi connectivity index (χ1v) is 28.0. The van der Waals surface area contributed by atoms with Crippen molar-refractivity contribution in [3.05, 3.63) is 116 Å². The lowest BCUT2D eigenvalue weighted by molar-refractivity contribution is 0.671. The van der Waals surface area contributed by atoms with Crippen molar-refractivity contribution in [1.29, 1.82) is 0 Å². The minimum absolute atomic E-state index is 0.182. The van der Waals surface area contributed by atoms with Crippen molar-refractivity contribution in [2.75, 3.05) is 0 Å². The molecule has 0 aromatic heterocycles. The zero-order chi connectivity index (χ0) is 47.5. The third kappa shape index (κ3) is 8.66. The third-order valence-corrected chi connectivity index (χ3v) is 17.7. The molecule has 0 saturated heterocycles. The molecule has 0 radical (unpaired) electrons. The van der Waals surface area contributed by atoms with Gasteiger partial charge in [0.15, 0.2) is 0 Å². The van der Waals surface area contributed by atoms with Crippen LogP contribution in [0.15, 0.2) is 71.6 Å². The van der Waals surface area contributed by atoms with Gasteiger partial charge in [0.1, 0.15) is 0 Å². The molecule has 0 amide bonds. The van der Waals surface area contributed by atoms with Gasteiger partial charge in [-0.1, -0.05) is 274 Å². The second-order valence-corrected chi connectivity index (χ2v) is 24.0. The monoisotopic (exact) mass is 1000 g/mol. The zero-order valence-corrected chi connectivity index (χ0v) is 46.4. The number of unbranched alkanes of at least 4 members (excludes halogenated alkanes) is 6. The Morgan fingerprint density at radius 3 is 1.02 bits per heavy atom. The van der Waals surface area contributed by atoms with E-state index in [2.05, 4.69) is 189 Å². The molecule has 0 aliphatic carbocycles. The van der Waals surface area contributed by atoms with Gasteiger partial charge in [-0.2, -0.15) is 0 Å². The molecule has 2 heterocycles. The van der Waals surface area contributed by atoms with Gasteiger partial charge >= 0.3 is 0 Å². The molecule has 0 atom stereocenters. The summed E-state index contributed by atoms with van der Waals surface area (Å²) in [5.41, 5.74) is 21.1. The average Bonchev–Trinajstić information content (AvgIpc) is 3.28. The summed E-state index contributed by atoms with van der Waals surface area (Å²) in [6, 6.07) is 25.7. The zero-order valence-electron chi connectivity index (χ0n) is 43.2. The predicted molar refractivity (Wildman–Crippen MR) is 307 cm³/mol. The number of benzene rings is 6. The molecular formula is C62H78B2Br2. The predicted octanol–water partition coefficient (Wildman–Crippen LogP) is 17.8. The summed E-state index contributed by atoms with van der Waals surface area (Å²) in [6.07, 6.45) is 12.3. The smallest absolute Gasteiger partial charge is 0.0758 e. The van der Waals surface area contributed by atoms with Gasteiger partial charge < -0.3 is 0 Å². The summed E-state index contributed by atoms with van der Waals surface area (Å²) >= 11 is 8.92. The van der Waals surface area contributed by atoms with E-state index in [1.54, 1.807) is 21.9 Å². The Labute approximate surface area is 418 Å². The molecule has 346 valence electrons. The minimum atomic E-state index is 0.182. The maximum absolute atomic E-state index is 4.46. The van der Waals surface area contributed by atoms with Crippen LogP contribution in [0.3, 0.4) is 0 Å². The van der Waals surface area contributed by atoms with Gasteiger partial charge in [0.2, 0.25) is 13.4 Å². The van der Waals surface area contributed by atoms with Crippen LogP contribution >= 0.6 is 31.9 Å². The van der Waals surface area contributed by atoms with Crippen LogP contribution in [-0.2, 0) is 0 Å². The SMILES string of the molecule is CCCCCCC1=C(Br)c2ccc3cc4c5c(ccc6cc(c2c3c65)B1c1c(C(C)C)cc(C(C)C)cc1C(C)C)C(Br)=C(CCCCCC)B4c1c(C(C)C)cc(C(C)C)cc1C(C)C. The lowest BCUT2D eigenvalue weighted by Gasteiger charge is -2.36. The topological polar surface area (TPSA) is 0 Å². The fourth-order valence-electron chi connectivity index (χ4n) is 12.2. The van der Waals surface area contributed by atoms with E-state index in [1.807, 2.05) is 0 Å². The van der Waals surface area contributed by atoms with E-state index in [4.69, 9.17) is 0 Å². The number of halogens is 2.